The van der Waals surface area contributed by atoms with Gasteiger partial charge in [-0.15, -0.1) is 0 Å². The summed E-state index contributed by atoms with van der Waals surface area (Å²) in [5, 5.41) is 16.6. The van der Waals surface area contributed by atoms with Crippen LogP contribution in [0.25, 0.3) is 11.5 Å². The molecule has 1 aromatic heterocycles. The Hall–Kier alpha value is -1.17. The number of aromatic carboxylic acids is 2. The van der Waals surface area contributed by atoms with E-state index < -0.39 is 11.9 Å². The number of hydrogen-bond acceptors (Lipinski definition) is 3. The zero-order valence-corrected chi connectivity index (χ0v) is 12.8. The summed E-state index contributed by atoms with van der Waals surface area (Å²) in [5.41, 5.74) is 14.6. The molecule has 0 spiro atoms. The summed E-state index contributed by atoms with van der Waals surface area (Å²) in [6.07, 6.45) is 4.25. The van der Waals surface area contributed by atoms with Crippen molar-refractivity contribution >= 4 is 11.9 Å². The van der Waals surface area contributed by atoms with E-state index in [4.69, 9.17) is 21.7 Å². The van der Waals surface area contributed by atoms with Crippen LogP contribution in [-0.2, 0) is 21.1 Å². The molecule has 0 amide bonds. The molecule has 0 aromatic carbocycles. The number of rotatable bonds is 2. The molecule has 114 valence electrons. The van der Waals surface area contributed by atoms with E-state index in [0.29, 0.717) is 0 Å². The summed E-state index contributed by atoms with van der Waals surface area (Å²) >= 11 is 0. The second kappa shape index (κ2) is 8.89. The van der Waals surface area contributed by atoms with Crippen LogP contribution in [0.4, 0.5) is 0 Å². The summed E-state index contributed by atoms with van der Waals surface area (Å²) in [5.74, 6) is -3.31. The maximum atomic E-state index is 10.2. The van der Waals surface area contributed by atoms with E-state index in [1.54, 1.807) is 0 Å². The maximum absolute atomic E-state index is 10.2. The van der Waals surface area contributed by atoms with Crippen LogP contribution in [0.2, 0.25) is 0 Å². The summed E-state index contributed by atoms with van der Waals surface area (Å²) in [6.45, 7) is 0. The largest absolute Gasteiger partial charge is 2.00 e. The summed E-state index contributed by atoms with van der Waals surface area (Å²) < 4.78 is 4.41. The van der Waals surface area contributed by atoms with E-state index >= 15 is 0 Å². The van der Waals surface area contributed by atoms with Crippen LogP contribution in [0.1, 0.15) is 46.8 Å². The molecule has 4 N–H and O–H groups in total. The summed E-state index contributed by atoms with van der Waals surface area (Å²) in [6, 6.07) is 2.02. The second-order valence-corrected chi connectivity index (χ2v) is 4.27. The summed E-state index contributed by atoms with van der Waals surface area (Å²) in [7, 11) is 0. The zero-order valence-electron chi connectivity index (χ0n) is 10.6. The fourth-order valence-corrected chi connectivity index (χ4v) is 1.70. The number of hydrogen-bond donors (Lipinski definition) is 2. The molecular weight excluding hydrogens is 447 g/mol. The first-order valence-corrected chi connectivity index (χ1v) is 5.90. The Balaban J connectivity index is 0.000000359. The number of carbonyl (C=O) groups is 2. The van der Waals surface area contributed by atoms with Gasteiger partial charge in [-0.3, -0.25) is 0 Å². The molecule has 1 aliphatic rings. The van der Waals surface area contributed by atoms with Crippen molar-refractivity contribution in [1.82, 2.24) is 0 Å². The molecular formula is C12H16N2O5Pt. The Morgan fingerprint density at radius 2 is 1.35 bits per heavy atom. The van der Waals surface area contributed by atoms with Crippen molar-refractivity contribution in [3.8, 4) is 0 Å². The molecule has 2 atom stereocenters. The normalized spacial score (nSPS) is 21.1. The molecule has 1 aliphatic carbocycles. The van der Waals surface area contributed by atoms with Crippen molar-refractivity contribution in [3.63, 3.8) is 0 Å². The Kier molecular flexibility index (Phi) is 8.37. The van der Waals surface area contributed by atoms with Crippen molar-refractivity contribution in [1.29, 1.82) is 0 Å². The quantitative estimate of drug-likeness (QED) is 0.695. The van der Waals surface area contributed by atoms with Gasteiger partial charge in [-0.2, -0.15) is 12.1 Å². The molecule has 20 heavy (non-hydrogen) atoms. The topological polar surface area (TPSA) is 135 Å². The first kappa shape index (κ1) is 18.8. The average molecular weight is 463 g/mol. The van der Waals surface area contributed by atoms with Crippen LogP contribution in [-0.4, -0.2) is 34.2 Å². The van der Waals surface area contributed by atoms with Gasteiger partial charge in [0.1, 0.15) is 0 Å². The van der Waals surface area contributed by atoms with E-state index in [-0.39, 0.29) is 44.7 Å². The van der Waals surface area contributed by atoms with E-state index in [9.17, 15) is 9.59 Å². The fourth-order valence-electron chi connectivity index (χ4n) is 1.70. The Morgan fingerprint density at radius 3 is 1.55 bits per heavy atom. The van der Waals surface area contributed by atoms with Crippen molar-refractivity contribution < 1.29 is 45.3 Å². The van der Waals surface area contributed by atoms with Crippen molar-refractivity contribution in [2.75, 3.05) is 0 Å². The van der Waals surface area contributed by atoms with Crippen molar-refractivity contribution in [2.24, 2.45) is 0 Å². The van der Waals surface area contributed by atoms with E-state index in [1.165, 1.54) is 12.8 Å². The molecule has 1 aromatic rings. The predicted molar refractivity (Wildman–Crippen MR) is 67.3 cm³/mol. The molecule has 1 fully saturated rings. The smallest absolute Gasteiger partial charge is 0.676 e. The number of nitrogens with one attached hydrogen (secondary N) is 2. The number of carboxylic acid groups (broad SMARTS) is 2. The minimum Gasteiger partial charge on any atom is -0.676 e. The first-order valence-electron chi connectivity index (χ1n) is 5.90. The number of carboxylic acids is 2. The Bertz CT molecular complexity index is 410. The maximum Gasteiger partial charge on any atom is 2.00 e. The van der Waals surface area contributed by atoms with Crippen LogP contribution in [0.15, 0.2) is 16.5 Å². The van der Waals surface area contributed by atoms with E-state index in [0.717, 1.165) is 25.0 Å². The van der Waals surface area contributed by atoms with Gasteiger partial charge < -0.3 is 26.1 Å². The van der Waals surface area contributed by atoms with Crippen molar-refractivity contribution in [2.45, 2.75) is 37.8 Å². The van der Waals surface area contributed by atoms with Crippen LogP contribution < -0.4 is 0 Å². The van der Waals surface area contributed by atoms with Gasteiger partial charge in [0, 0.05) is 0 Å². The van der Waals surface area contributed by atoms with Gasteiger partial charge in [0.15, 0.2) is 0 Å². The van der Waals surface area contributed by atoms with Crippen LogP contribution in [0.3, 0.4) is 0 Å². The third kappa shape index (κ3) is 5.86. The molecule has 2 unspecified atom stereocenters. The molecule has 7 nitrogen and oxygen atoms in total. The van der Waals surface area contributed by atoms with E-state index in [1.807, 2.05) is 0 Å². The Morgan fingerprint density at radius 1 is 1.00 bits per heavy atom. The zero-order chi connectivity index (χ0) is 14.4. The third-order valence-electron chi connectivity index (χ3n) is 2.79. The minimum absolute atomic E-state index is 0. The van der Waals surface area contributed by atoms with Gasteiger partial charge in [-0.25, -0.2) is 9.59 Å². The molecule has 2 rings (SSSR count). The molecule has 0 bridgehead atoms. The van der Waals surface area contributed by atoms with Crippen LogP contribution >= 0.6 is 0 Å². The average Bonchev–Trinajstić information content (AvgIpc) is 2.83. The third-order valence-corrected chi connectivity index (χ3v) is 2.79. The molecule has 8 heteroatoms. The van der Waals surface area contributed by atoms with Gasteiger partial charge in [0.2, 0.25) is 11.5 Å². The SMILES string of the molecule is O=C(O)c1ccc(C(=O)O)o1.[NH-]C1CCCCC1[NH-].[Pt+2]. The fraction of sp³-hybridized carbons (Fsp3) is 0.500. The summed E-state index contributed by atoms with van der Waals surface area (Å²) in [4.78, 5) is 20.3. The molecule has 0 saturated heterocycles. The van der Waals surface area contributed by atoms with Gasteiger partial charge in [0.25, 0.3) is 0 Å². The minimum atomic E-state index is -1.28. The van der Waals surface area contributed by atoms with Crippen LogP contribution in [0, 0.1) is 0 Å². The molecule has 1 heterocycles. The Labute approximate surface area is 130 Å². The standard InChI is InChI=1S/C6H12N2.C6H4O5.Pt/c7-5-3-1-2-4-6(5)8;7-5(8)3-1-2-4(11-3)6(9)10;/h5-8H,1-4H2;1-2H,(H,7,8)(H,9,10);/q-2;;+2. The predicted octanol–water partition coefficient (Wildman–Crippen LogP) is 3.08. The van der Waals surface area contributed by atoms with Crippen molar-refractivity contribution in [3.05, 3.63) is 35.1 Å². The second-order valence-electron chi connectivity index (χ2n) is 4.27. The monoisotopic (exact) mass is 463 g/mol. The molecule has 0 aliphatic heterocycles. The molecule has 0 radical (unpaired) electrons. The van der Waals surface area contributed by atoms with Gasteiger partial charge >= 0.3 is 33.0 Å². The van der Waals surface area contributed by atoms with Gasteiger partial charge in [0.05, 0.1) is 0 Å². The van der Waals surface area contributed by atoms with Gasteiger partial charge in [-0.05, 0) is 12.1 Å². The number of furan rings is 1. The van der Waals surface area contributed by atoms with Gasteiger partial charge in [-0.1, -0.05) is 25.7 Å². The molecule has 1 saturated carbocycles. The van der Waals surface area contributed by atoms with E-state index in [2.05, 4.69) is 4.42 Å². The van der Waals surface area contributed by atoms with Crippen LogP contribution in [0.5, 0.6) is 0 Å². The first-order chi connectivity index (χ1) is 8.91.